The summed E-state index contributed by atoms with van der Waals surface area (Å²) < 4.78 is 4.82. The molecule has 1 amide bonds. The Balaban J connectivity index is 2.40. The third kappa shape index (κ3) is 4.45. The Labute approximate surface area is 106 Å². The second-order valence-electron chi connectivity index (χ2n) is 3.75. The third-order valence-corrected chi connectivity index (χ3v) is 2.37. The molecule has 0 saturated carbocycles. The average Bonchev–Trinajstić information content (AvgIpc) is 2.35. The molecule has 0 spiro atoms. The minimum atomic E-state index is -0.469. The molecule has 5 heteroatoms. The van der Waals surface area contributed by atoms with E-state index in [0.717, 1.165) is 0 Å². The summed E-state index contributed by atoms with van der Waals surface area (Å²) in [5.41, 5.74) is 6.39. The fourth-order valence-corrected chi connectivity index (χ4v) is 1.54. The molecule has 0 radical (unpaired) electrons. The number of hydrogen-bond donors (Lipinski definition) is 2. The number of rotatable bonds is 7. The van der Waals surface area contributed by atoms with E-state index < -0.39 is 5.91 Å². The molecule has 0 bridgehead atoms. The summed E-state index contributed by atoms with van der Waals surface area (Å²) in [6, 6.07) is 7.02. The van der Waals surface area contributed by atoms with E-state index in [-0.39, 0.29) is 5.97 Å². The number of carbonyl (C=O) groups excluding carboxylic acids is 2. The number of anilines is 1. The number of para-hydroxylation sites is 1. The fourth-order valence-electron chi connectivity index (χ4n) is 1.54. The number of hydrogen-bond acceptors (Lipinski definition) is 4. The zero-order valence-electron chi connectivity index (χ0n) is 10.4. The zero-order chi connectivity index (χ0) is 13.4. The number of esters is 1. The molecule has 0 aliphatic rings. The molecule has 0 aliphatic carbocycles. The lowest BCUT2D eigenvalue weighted by Crippen LogP contribution is -2.15. The van der Waals surface area contributed by atoms with Gasteiger partial charge in [0.1, 0.15) is 0 Å². The maximum absolute atomic E-state index is 11.2. The van der Waals surface area contributed by atoms with Crippen LogP contribution in [0.15, 0.2) is 24.3 Å². The van der Waals surface area contributed by atoms with Gasteiger partial charge in [0.25, 0.3) is 5.91 Å². The van der Waals surface area contributed by atoms with Gasteiger partial charge in [-0.05, 0) is 25.5 Å². The normalized spacial score (nSPS) is 9.83. The summed E-state index contributed by atoms with van der Waals surface area (Å²) in [7, 11) is 0. The number of primary amides is 1. The third-order valence-electron chi connectivity index (χ3n) is 2.37. The number of benzene rings is 1. The van der Waals surface area contributed by atoms with Crippen molar-refractivity contribution in [1.82, 2.24) is 0 Å². The molecule has 5 nitrogen and oxygen atoms in total. The van der Waals surface area contributed by atoms with Gasteiger partial charge in [0.15, 0.2) is 0 Å². The number of nitrogens with one attached hydrogen (secondary N) is 1. The van der Waals surface area contributed by atoms with Crippen molar-refractivity contribution in [3.05, 3.63) is 29.8 Å². The molecule has 98 valence electrons. The van der Waals surface area contributed by atoms with Crippen LogP contribution >= 0.6 is 0 Å². The lowest BCUT2D eigenvalue weighted by Gasteiger charge is -2.09. The van der Waals surface area contributed by atoms with Crippen LogP contribution in [0.3, 0.4) is 0 Å². The van der Waals surface area contributed by atoms with Crippen molar-refractivity contribution in [3.63, 3.8) is 0 Å². The molecular formula is C13H18N2O3. The summed E-state index contributed by atoms with van der Waals surface area (Å²) in [5.74, 6) is -0.675. The lowest BCUT2D eigenvalue weighted by molar-refractivity contribution is -0.143. The predicted octanol–water partition coefficient (Wildman–Crippen LogP) is 1.54. The quantitative estimate of drug-likeness (QED) is 0.568. The maximum Gasteiger partial charge on any atom is 0.305 e. The molecule has 1 aromatic carbocycles. The maximum atomic E-state index is 11.2. The van der Waals surface area contributed by atoms with Gasteiger partial charge in [-0.25, -0.2) is 0 Å². The summed E-state index contributed by atoms with van der Waals surface area (Å²) in [6.45, 7) is 2.76. The highest BCUT2D eigenvalue weighted by Gasteiger charge is 2.06. The SMILES string of the molecule is CCOC(=O)CCCNc1ccccc1C(N)=O. The molecular weight excluding hydrogens is 232 g/mol. The standard InChI is InChI=1S/C13H18N2O3/c1-2-18-12(16)8-5-9-15-11-7-4-3-6-10(11)13(14)17/h3-4,6-7,15H,2,5,8-9H2,1H3,(H2,14,17). The van der Waals surface area contributed by atoms with Crippen LogP contribution in [0.25, 0.3) is 0 Å². The van der Waals surface area contributed by atoms with Crippen LogP contribution in [0.1, 0.15) is 30.1 Å². The van der Waals surface area contributed by atoms with E-state index in [9.17, 15) is 9.59 Å². The number of amides is 1. The van der Waals surface area contributed by atoms with Gasteiger partial charge in [-0.15, -0.1) is 0 Å². The summed E-state index contributed by atoms with van der Waals surface area (Å²) in [4.78, 5) is 22.3. The molecule has 0 fully saturated rings. The Hall–Kier alpha value is -2.04. The Morgan fingerprint density at radius 1 is 1.33 bits per heavy atom. The fraction of sp³-hybridized carbons (Fsp3) is 0.385. The van der Waals surface area contributed by atoms with Crippen LogP contribution in [0, 0.1) is 0 Å². The highest BCUT2D eigenvalue weighted by Crippen LogP contribution is 2.14. The minimum absolute atomic E-state index is 0.206. The van der Waals surface area contributed by atoms with Gasteiger partial charge in [0, 0.05) is 18.7 Å². The van der Waals surface area contributed by atoms with Gasteiger partial charge in [-0.2, -0.15) is 0 Å². The van der Waals surface area contributed by atoms with Gasteiger partial charge in [-0.3, -0.25) is 9.59 Å². The van der Waals surface area contributed by atoms with Gasteiger partial charge < -0.3 is 15.8 Å². The topological polar surface area (TPSA) is 81.4 Å². The molecule has 0 aliphatic heterocycles. The van der Waals surface area contributed by atoms with Crippen LogP contribution in [-0.2, 0) is 9.53 Å². The predicted molar refractivity (Wildman–Crippen MR) is 69.3 cm³/mol. The van der Waals surface area contributed by atoms with E-state index >= 15 is 0 Å². The van der Waals surface area contributed by atoms with Crippen LogP contribution in [0.5, 0.6) is 0 Å². The van der Waals surface area contributed by atoms with E-state index in [1.165, 1.54) is 0 Å². The van der Waals surface area contributed by atoms with E-state index in [1.807, 2.05) is 6.07 Å². The smallest absolute Gasteiger partial charge is 0.305 e. The number of nitrogens with two attached hydrogens (primary N) is 1. The first-order valence-electron chi connectivity index (χ1n) is 5.93. The average molecular weight is 250 g/mol. The zero-order valence-corrected chi connectivity index (χ0v) is 10.4. The van der Waals surface area contributed by atoms with Crippen molar-refractivity contribution >= 4 is 17.6 Å². The summed E-state index contributed by atoms with van der Waals surface area (Å²) in [6.07, 6.45) is 1.01. The van der Waals surface area contributed by atoms with Crippen molar-refractivity contribution < 1.29 is 14.3 Å². The minimum Gasteiger partial charge on any atom is -0.466 e. The van der Waals surface area contributed by atoms with Crippen molar-refractivity contribution in [2.75, 3.05) is 18.5 Å². The molecule has 0 saturated heterocycles. The van der Waals surface area contributed by atoms with Gasteiger partial charge in [-0.1, -0.05) is 12.1 Å². The molecule has 0 heterocycles. The van der Waals surface area contributed by atoms with Crippen molar-refractivity contribution in [2.45, 2.75) is 19.8 Å². The second-order valence-corrected chi connectivity index (χ2v) is 3.75. The molecule has 0 aromatic heterocycles. The monoisotopic (exact) mass is 250 g/mol. The van der Waals surface area contributed by atoms with Crippen molar-refractivity contribution in [3.8, 4) is 0 Å². The first-order valence-corrected chi connectivity index (χ1v) is 5.93. The van der Waals surface area contributed by atoms with E-state index in [0.29, 0.717) is 37.2 Å². The molecule has 1 aromatic rings. The summed E-state index contributed by atoms with van der Waals surface area (Å²) in [5, 5.41) is 3.08. The van der Waals surface area contributed by atoms with E-state index in [2.05, 4.69) is 5.32 Å². The first kappa shape index (κ1) is 14.0. The van der Waals surface area contributed by atoms with Gasteiger partial charge in [0.2, 0.25) is 0 Å². The van der Waals surface area contributed by atoms with Crippen LogP contribution in [-0.4, -0.2) is 25.0 Å². The largest absolute Gasteiger partial charge is 0.466 e. The lowest BCUT2D eigenvalue weighted by atomic mass is 10.1. The molecule has 1 rings (SSSR count). The van der Waals surface area contributed by atoms with Crippen LogP contribution in [0.4, 0.5) is 5.69 Å². The van der Waals surface area contributed by atoms with Crippen LogP contribution < -0.4 is 11.1 Å². The Kier molecular flexibility index (Phi) is 5.70. The Bertz CT molecular complexity index is 418. The molecule has 3 N–H and O–H groups in total. The van der Waals surface area contributed by atoms with Crippen molar-refractivity contribution in [1.29, 1.82) is 0 Å². The van der Waals surface area contributed by atoms with E-state index in [4.69, 9.17) is 10.5 Å². The molecule has 18 heavy (non-hydrogen) atoms. The van der Waals surface area contributed by atoms with Crippen molar-refractivity contribution in [2.24, 2.45) is 5.73 Å². The van der Waals surface area contributed by atoms with Gasteiger partial charge >= 0.3 is 5.97 Å². The Morgan fingerprint density at radius 3 is 2.72 bits per heavy atom. The van der Waals surface area contributed by atoms with Gasteiger partial charge in [0.05, 0.1) is 12.2 Å². The number of ether oxygens (including phenoxy) is 1. The highest BCUT2D eigenvalue weighted by molar-refractivity contribution is 5.98. The first-order chi connectivity index (χ1) is 8.65. The van der Waals surface area contributed by atoms with Crippen LogP contribution in [0.2, 0.25) is 0 Å². The number of carbonyl (C=O) groups is 2. The second kappa shape index (κ2) is 7.32. The summed E-state index contributed by atoms with van der Waals surface area (Å²) >= 11 is 0. The molecule has 0 unspecified atom stereocenters. The highest BCUT2D eigenvalue weighted by atomic mass is 16.5. The van der Waals surface area contributed by atoms with E-state index in [1.54, 1.807) is 25.1 Å². The Morgan fingerprint density at radius 2 is 2.06 bits per heavy atom. The molecule has 0 atom stereocenters.